The van der Waals surface area contributed by atoms with Crippen LogP contribution in [-0.4, -0.2) is 30.0 Å². The number of cyclic esters (lactones) is 1. The molecular weight excluding hydrogens is 492 g/mol. The molecule has 0 fully saturated rings. The summed E-state index contributed by atoms with van der Waals surface area (Å²) < 4.78 is 17.2. The highest BCUT2D eigenvalue weighted by atomic mass is 79.9. The van der Waals surface area contributed by atoms with Gasteiger partial charge in [0, 0.05) is 12.1 Å². The summed E-state index contributed by atoms with van der Waals surface area (Å²) in [5.41, 5.74) is 0.784. The van der Waals surface area contributed by atoms with Crippen LogP contribution in [0.4, 0.5) is 5.69 Å². The maximum atomic E-state index is 12.3. The predicted molar refractivity (Wildman–Crippen MR) is 120 cm³/mol. The van der Waals surface area contributed by atoms with Gasteiger partial charge in [-0.2, -0.15) is 0 Å². The first-order valence-electron chi connectivity index (χ1n) is 9.24. The molecule has 1 aliphatic heterocycles. The number of esters is 1. The number of halogens is 2. The third kappa shape index (κ3) is 5.05. The molecule has 8 nitrogen and oxygen atoms in total. The minimum atomic E-state index is -0.667. The fourth-order valence-corrected chi connectivity index (χ4v) is 3.50. The lowest BCUT2D eigenvalue weighted by Crippen LogP contribution is -2.11. The molecule has 0 aromatic heterocycles. The molecule has 0 amide bonds. The Kier molecular flexibility index (Phi) is 6.97. The molecule has 3 rings (SSSR count). The molecule has 0 spiro atoms. The molecule has 1 heterocycles. The average molecular weight is 510 g/mol. The van der Waals surface area contributed by atoms with Crippen LogP contribution in [0.15, 0.2) is 45.5 Å². The van der Waals surface area contributed by atoms with Crippen LogP contribution in [0.25, 0.3) is 6.08 Å². The molecule has 1 unspecified atom stereocenters. The van der Waals surface area contributed by atoms with Crippen molar-refractivity contribution in [2.75, 3.05) is 7.11 Å². The van der Waals surface area contributed by atoms with Crippen LogP contribution in [0.3, 0.4) is 0 Å². The molecule has 0 bridgehead atoms. The van der Waals surface area contributed by atoms with Gasteiger partial charge in [0.15, 0.2) is 17.2 Å². The van der Waals surface area contributed by atoms with Crippen LogP contribution < -0.4 is 9.47 Å². The van der Waals surface area contributed by atoms with Gasteiger partial charge < -0.3 is 14.2 Å². The minimum absolute atomic E-state index is 0.00202. The maximum absolute atomic E-state index is 12.3. The number of non-ortho nitro benzene ring substituents is 1. The third-order valence-electron chi connectivity index (χ3n) is 4.46. The lowest BCUT2D eigenvalue weighted by atomic mass is 10.1. The number of benzene rings is 2. The summed E-state index contributed by atoms with van der Waals surface area (Å²) in [7, 11) is 1.53. The van der Waals surface area contributed by atoms with Gasteiger partial charge in [-0.15, -0.1) is 0 Å². The van der Waals surface area contributed by atoms with Crippen molar-refractivity contribution in [1.82, 2.24) is 0 Å². The summed E-state index contributed by atoms with van der Waals surface area (Å²) in [6.07, 6.45) is 2.36. The number of aliphatic imine (C=N–C) groups is 1. The van der Waals surface area contributed by atoms with E-state index in [1.54, 1.807) is 12.1 Å². The lowest BCUT2D eigenvalue weighted by Gasteiger charge is -2.17. The smallest absolute Gasteiger partial charge is 0.363 e. The van der Waals surface area contributed by atoms with Gasteiger partial charge in [0.25, 0.3) is 5.69 Å². The van der Waals surface area contributed by atoms with Crippen LogP contribution in [0.1, 0.15) is 31.4 Å². The number of ether oxygens (including phenoxy) is 3. The Hall–Kier alpha value is -2.91. The molecule has 1 atom stereocenters. The largest absolute Gasteiger partial charge is 0.493 e. The minimum Gasteiger partial charge on any atom is -0.493 e. The van der Waals surface area contributed by atoms with Gasteiger partial charge in [0.05, 0.1) is 33.2 Å². The van der Waals surface area contributed by atoms with E-state index >= 15 is 0 Å². The fraction of sp³-hybridized carbons (Fsp3) is 0.238. The predicted octanol–water partition coefficient (Wildman–Crippen LogP) is 5.54. The van der Waals surface area contributed by atoms with E-state index in [0.29, 0.717) is 21.5 Å². The molecule has 10 heteroatoms. The van der Waals surface area contributed by atoms with E-state index in [2.05, 4.69) is 20.9 Å². The monoisotopic (exact) mass is 508 g/mol. The van der Waals surface area contributed by atoms with Crippen LogP contribution >= 0.6 is 27.5 Å². The van der Waals surface area contributed by atoms with Gasteiger partial charge in [-0.1, -0.05) is 18.5 Å². The number of hydrogen-bond donors (Lipinski definition) is 0. The quantitative estimate of drug-likeness (QED) is 0.210. The Labute approximate surface area is 191 Å². The Morgan fingerprint density at radius 2 is 2.10 bits per heavy atom. The van der Waals surface area contributed by atoms with Crippen LogP contribution in [-0.2, 0) is 9.53 Å². The summed E-state index contributed by atoms with van der Waals surface area (Å²) >= 11 is 9.59. The topological polar surface area (TPSA) is 100 Å². The van der Waals surface area contributed by atoms with Crippen molar-refractivity contribution >= 4 is 51.2 Å². The van der Waals surface area contributed by atoms with Crippen molar-refractivity contribution in [1.29, 1.82) is 0 Å². The van der Waals surface area contributed by atoms with Gasteiger partial charge in [-0.25, -0.2) is 9.79 Å². The summed E-state index contributed by atoms with van der Waals surface area (Å²) in [6, 6.07) is 7.31. The number of carbonyl (C=O) groups is 1. The Morgan fingerprint density at radius 1 is 1.35 bits per heavy atom. The van der Waals surface area contributed by atoms with E-state index in [1.807, 2.05) is 13.8 Å². The van der Waals surface area contributed by atoms with Crippen molar-refractivity contribution in [3.05, 3.63) is 66.8 Å². The SMILES string of the molecule is CCC(C)Oc1c(Br)cc(/C=C2\N=C(c3ccc([N+](=O)[O-])cc3Cl)OC2=O)cc1OC. The zero-order valence-corrected chi connectivity index (χ0v) is 19.2. The molecule has 0 aliphatic carbocycles. The highest BCUT2D eigenvalue weighted by Crippen LogP contribution is 2.38. The average Bonchev–Trinajstić information content (AvgIpc) is 3.09. The Morgan fingerprint density at radius 3 is 2.71 bits per heavy atom. The fourth-order valence-electron chi connectivity index (χ4n) is 2.70. The zero-order chi connectivity index (χ0) is 22.7. The third-order valence-corrected chi connectivity index (χ3v) is 5.37. The lowest BCUT2D eigenvalue weighted by molar-refractivity contribution is -0.384. The number of nitro groups is 1. The second-order valence-corrected chi connectivity index (χ2v) is 7.89. The van der Waals surface area contributed by atoms with Gasteiger partial charge >= 0.3 is 5.97 Å². The molecule has 0 radical (unpaired) electrons. The normalized spacial score (nSPS) is 15.5. The molecule has 0 saturated carbocycles. The molecule has 31 heavy (non-hydrogen) atoms. The summed E-state index contributed by atoms with van der Waals surface area (Å²) in [4.78, 5) is 26.8. The molecule has 1 aliphatic rings. The van der Waals surface area contributed by atoms with Gasteiger partial charge in [-0.05, 0) is 59.1 Å². The van der Waals surface area contributed by atoms with Crippen molar-refractivity contribution in [2.45, 2.75) is 26.4 Å². The van der Waals surface area contributed by atoms with E-state index in [4.69, 9.17) is 25.8 Å². The van der Waals surface area contributed by atoms with Crippen LogP contribution in [0.2, 0.25) is 5.02 Å². The molecular formula is C21H18BrClN2O6. The van der Waals surface area contributed by atoms with Crippen LogP contribution in [0.5, 0.6) is 11.5 Å². The number of nitrogens with zero attached hydrogens (tertiary/aromatic N) is 2. The van der Waals surface area contributed by atoms with Gasteiger partial charge in [0.1, 0.15) is 0 Å². The van der Waals surface area contributed by atoms with E-state index in [1.165, 1.54) is 31.4 Å². The van der Waals surface area contributed by atoms with E-state index < -0.39 is 10.9 Å². The standard InChI is InChI=1S/C21H18BrClN2O6/c1-4-11(2)30-19-15(22)7-12(9-18(19)29-3)8-17-21(26)31-20(24-17)14-6-5-13(25(27)28)10-16(14)23/h5-11H,4H2,1-3H3/b17-8-. The number of methoxy groups -OCH3 is 1. The van der Waals surface area contributed by atoms with E-state index in [9.17, 15) is 14.9 Å². The summed E-state index contributed by atoms with van der Waals surface area (Å²) in [6.45, 7) is 3.97. The summed E-state index contributed by atoms with van der Waals surface area (Å²) in [5.74, 6) is 0.365. The summed E-state index contributed by atoms with van der Waals surface area (Å²) in [5, 5.41) is 10.9. The second kappa shape index (κ2) is 9.49. The number of rotatable bonds is 7. The van der Waals surface area contributed by atoms with Crippen LogP contribution in [0, 0.1) is 10.1 Å². The van der Waals surface area contributed by atoms with E-state index in [-0.39, 0.29) is 34.0 Å². The molecule has 0 saturated heterocycles. The maximum Gasteiger partial charge on any atom is 0.363 e. The van der Waals surface area contributed by atoms with Crippen molar-refractivity contribution in [3.63, 3.8) is 0 Å². The number of carbonyl (C=O) groups excluding carboxylic acids is 1. The second-order valence-electron chi connectivity index (χ2n) is 6.63. The van der Waals surface area contributed by atoms with E-state index in [0.717, 1.165) is 6.42 Å². The highest BCUT2D eigenvalue weighted by molar-refractivity contribution is 9.10. The first kappa shape index (κ1) is 22.8. The van der Waals surface area contributed by atoms with Crippen molar-refractivity contribution < 1.29 is 23.9 Å². The molecule has 0 N–H and O–H groups in total. The first-order valence-corrected chi connectivity index (χ1v) is 10.4. The molecule has 162 valence electrons. The van der Waals surface area contributed by atoms with Gasteiger partial charge in [0.2, 0.25) is 5.90 Å². The zero-order valence-electron chi connectivity index (χ0n) is 16.8. The number of hydrogen-bond acceptors (Lipinski definition) is 7. The Balaban J connectivity index is 1.95. The van der Waals surface area contributed by atoms with Gasteiger partial charge in [-0.3, -0.25) is 10.1 Å². The van der Waals surface area contributed by atoms with Crippen molar-refractivity contribution in [3.8, 4) is 11.5 Å². The van der Waals surface area contributed by atoms with Crippen molar-refractivity contribution in [2.24, 2.45) is 4.99 Å². The molecule has 2 aromatic carbocycles. The first-order chi connectivity index (χ1) is 14.7. The highest BCUT2D eigenvalue weighted by Gasteiger charge is 2.27. The molecule has 2 aromatic rings. The Bertz CT molecular complexity index is 1120. The number of nitro benzene ring substituents is 1.